The number of carbonyl (C=O) groups excluding carboxylic acids is 1. The fourth-order valence-corrected chi connectivity index (χ4v) is 3.09. The van der Waals surface area contributed by atoms with Gasteiger partial charge in [-0.2, -0.15) is 0 Å². The van der Waals surface area contributed by atoms with Crippen LogP contribution in [0.25, 0.3) is 0 Å². The lowest BCUT2D eigenvalue weighted by Gasteiger charge is -2.06. The van der Waals surface area contributed by atoms with E-state index in [4.69, 9.17) is 16.3 Å². The van der Waals surface area contributed by atoms with Gasteiger partial charge in [-0.1, -0.05) is 43.7 Å². The highest BCUT2D eigenvalue weighted by atomic mass is 35.5. The Bertz CT molecular complexity index is 546. The summed E-state index contributed by atoms with van der Waals surface area (Å²) in [6.45, 7) is 6.19. The number of ether oxygens (including phenoxy) is 1. The molecule has 0 aromatic heterocycles. The Hall–Kier alpha value is -1.32. The molecule has 1 aliphatic carbocycles. The maximum atomic E-state index is 12.3. The van der Waals surface area contributed by atoms with Crippen LogP contribution in [-0.4, -0.2) is 17.7 Å². The van der Waals surface area contributed by atoms with Gasteiger partial charge in [0, 0.05) is 10.9 Å². The molecule has 0 amide bonds. The summed E-state index contributed by atoms with van der Waals surface area (Å²) in [6, 6.07) is 7.24. The predicted molar refractivity (Wildman–Crippen MR) is 82.9 cm³/mol. The van der Waals surface area contributed by atoms with E-state index in [1.54, 1.807) is 12.1 Å². The van der Waals surface area contributed by atoms with E-state index in [9.17, 15) is 9.90 Å². The number of benzene rings is 1. The molecule has 1 aliphatic rings. The molecule has 2 rings (SSSR count). The average molecular weight is 309 g/mol. The number of hydrogen-bond acceptors (Lipinski definition) is 3. The van der Waals surface area contributed by atoms with Crippen molar-refractivity contribution in [2.75, 3.05) is 6.61 Å². The topological polar surface area (TPSA) is 46.5 Å². The number of esters is 1. The monoisotopic (exact) mass is 308 g/mol. The molecule has 2 unspecified atom stereocenters. The van der Waals surface area contributed by atoms with Gasteiger partial charge < -0.3 is 9.84 Å². The van der Waals surface area contributed by atoms with Gasteiger partial charge in [-0.05, 0) is 35.6 Å². The number of carbonyl (C=O) groups is 1. The van der Waals surface area contributed by atoms with Crippen molar-refractivity contribution in [3.8, 4) is 0 Å². The lowest BCUT2D eigenvalue weighted by atomic mass is 10.0. The molecule has 0 heterocycles. The lowest BCUT2D eigenvalue weighted by molar-refractivity contribution is -0.147. The summed E-state index contributed by atoms with van der Waals surface area (Å²) < 4.78 is 5.41. The number of aliphatic hydroxyl groups excluding tert-OH is 1. The van der Waals surface area contributed by atoms with E-state index in [-0.39, 0.29) is 36.4 Å². The van der Waals surface area contributed by atoms with Crippen LogP contribution in [0.5, 0.6) is 0 Å². The van der Waals surface area contributed by atoms with Crippen LogP contribution in [0.2, 0.25) is 5.02 Å². The number of allylic oxidation sites excluding steroid dienone is 1. The van der Waals surface area contributed by atoms with Crippen molar-refractivity contribution in [1.29, 1.82) is 0 Å². The maximum absolute atomic E-state index is 12.3. The second kappa shape index (κ2) is 6.20. The van der Waals surface area contributed by atoms with Gasteiger partial charge in [0.15, 0.2) is 0 Å². The van der Waals surface area contributed by atoms with Gasteiger partial charge in [0.2, 0.25) is 0 Å². The summed E-state index contributed by atoms with van der Waals surface area (Å²) in [7, 11) is 0. The highest BCUT2D eigenvalue weighted by Gasteiger charge is 2.63. The molecule has 1 aromatic rings. The Morgan fingerprint density at radius 3 is 2.48 bits per heavy atom. The Labute approximate surface area is 130 Å². The van der Waals surface area contributed by atoms with Crippen molar-refractivity contribution in [2.24, 2.45) is 17.3 Å². The molecule has 1 N–H and O–H groups in total. The van der Waals surface area contributed by atoms with Crippen molar-refractivity contribution in [1.82, 2.24) is 0 Å². The van der Waals surface area contributed by atoms with Gasteiger partial charge in [-0.3, -0.25) is 4.79 Å². The summed E-state index contributed by atoms with van der Waals surface area (Å²) >= 11 is 5.82. The van der Waals surface area contributed by atoms with Crippen LogP contribution in [0, 0.1) is 17.3 Å². The third-order valence-corrected chi connectivity index (χ3v) is 4.58. The first kappa shape index (κ1) is 16.1. The zero-order valence-electron chi connectivity index (χ0n) is 12.6. The maximum Gasteiger partial charge on any atom is 0.310 e. The highest BCUT2D eigenvalue weighted by molar-refractivity contribution is 6.30. The molecule has 0 spiro atoms. The van der Waals surface area contributed by atoms with Crippen LogP contribution < -0.4 is 0 Å². The first-order valence-corrected chi connectivity index (χ1v) is 7.46. The van der Waals surface area contributed by atoms with Crippen molar-refractivity contribution >= 4 is 17.6 Å². The molecule has 0 radical (unpaired) electrons. The predicted octanol–water partition coefficient (Wildman–Crippen LogP) is 3.59. The Morgan fingerprint density at radius 2 is 1.95 bits per heavy atom. The standard InChI is InChI=1S/C17H21ClO3/c1-4-12(9-19)14-15(17(14,2)3)16(20)21-10-11-5-7-13(18)8-6-11/h4-8,14-15,19H,9-10H2,1-3H3/b12-4-. The fourth-order valence-electron chi connectivity index (χ4n) is 2.96. The molecule has 1 saturated carbocycles. The minimum absolute atomic E-state index is 0.00837. The molecule has 1 fully saturated rings. The Balaban J connectivity index is 1.96. The molecule has 2 atom stereocenters. The van der Waals surface area contributed by atoms with Crippen molar-refractivity contribution < 1.29 is 14.6 Å². The minimum Gasteiger partial charge on any atom is -0.461 e. The van der Waals surface area contributed by atoms with Gasteiger partial charge in [0.25, 0.3) is 0 Å². The first-order valence-electron chi connectivity index (χ1n) is 7.08. The van der Waals surface area contributed by atoms with Crippen molar-refractivity contribution in [3.05, 3.63) is 46.5 Å². The van der Waals surface area contributed by atoms with E-state index in [1.165, 1.54) is 0 Å². The summed E-state index contributed by atoms with van der Waals surface area (Å²) in [5, 5.41) is 10.0. The molecular weight excluding hydrogens is 288 g/mol. The minimum atomic E-state index is -0.201. The molecule has 0 bridgehead atoms. The number of aliphatic hydroxyl groups is 1. The molecule has 0 aliphatic heterocycles. The summed E-state index contributed by atoms with van der Waals surface area (Å²) in [5.41, 5.74) is 1.67. The largest absolute Gasteiger partial charge is 0.461 e. The third kappa shape index (κ3) is 3.30. The fraction of sp³-hybridized carbons (Fsp3) is 0.471. The van der Waals surface area contributed by atoms with Crippen LogP contribution in [0.15, 0.2) is 35.9 Å². The molecule has 114 valence electrons. The van der Waals surface area contributed by atoms with Gasteiger partial charge in [0.05, 0.1) is 12.5 Å². The van der Waals surface area contributed by atoms with Gasteiger partial charge >= 0.3 is 5.97 Å². The summed E-state index contributed by atoms with van der Waals surface area (Å²) in [5.74, 6) is -0.305. The molecular formula is C17H21ClO3. The molecule has 0 saturated heterocycles. The Morgan fingerprint density at radius 1 is 1.33 bits per heavy atom. The van der Waals surface area contributed by atoms with E-state index in [1.807, 2.05) is 39.0 Å². The molecule has 1 aromatic carbocycles. The highest BCUT2D eigenvalue weighted by Crippen LogP contribution is 2.62. The lowest BCUT2D eigenvalue weighted by Crippen LogP contribution is -2.11. The van der Waals surface area contributed by atoms with E-state index >= 15 is 0 Å². The third-order valence-electron chi connectivity index (χ3n) is 4.33. The van der Waals surface area contributed by atoms with E-state index in [0.29, 0.717) is 5.02 Å². The number of rotatable bonds is 5. The second-order valence-corrected chi connectivity index (χ2v) is 6.47. The van der Waals surface area contributed by atoms with Crippen LogP contribution in [-0.2, 0) is 16.1 Å². The SMILES string of the molecule is C/C=C(/CO)C1C(C(=O)OCc2ccc(Cl)cc2)C1(C)C. The summed E-state index contributed by atoms with van der Waals surface area (Å²) in [6.07, 6.45) is 1.89. The molecule has 3 nitrogen and oxygen atoms in total. The number of hydrogen-bond donors (Lipinski definition) is 1. The van der Waals surface area contributed by atoms with Gasteiger partial charge in [-0.25, -0.2) is 0 Å². The second-order valence-electron chi connectivity index (χ2n) is 6.03. The van der Waals surface area contributed by atoms with Crippen LogP contribution in [0.1, 0.15) is 26.3 Å². The van der Waals surface area contributed by atoms with Crippen LogP contribution >= 0.6 is 11.6 Å². The number of halogens is 1. The average Bonchev–Trinajstić information content (AvgIpc) is 3.02. The molecule has 21 heavy (non-hydrogen) atoms. The summed E-state index contributed by atoms with van der Waals surface area (Å²) in [4.78, 5) is 12.3. The zero-order chi connectivity index (χ0) is 15.6. The van der Waals surface area contributed by atoms with Crippen molar-refractivity contribution in [2.45, 2.75) is 27.4 Å². The Kier molecular flexibility index (Phi) is 4.74. The van der Waals surface area contributed by atoms with Crippen LogP contribution in [0.4, 0.5) is 0 Å². The molecule has 4 heteroatoms. The first-order chi connectivity index (χ1) is 9.91. The normalized spacial score (nSPS) is 23.8. The zero-order valence-corrected chi connectivity index (χ0v) is 13.4. The smallest absolute Gasteiger partial charge is 0.310 e. The van der Waals surface area contributed by atoms with Gasteiger partial charge in [-0.15, -0.1) is 0 Å². The van der Waals surface area contributed by atoms with Gasteiger partial charge in [0.1, 0.15) is 6.61 Å². The van der Waals surface area contributed by atoms with E-state index in [0.717, 1.165) is 11.1 Å². The van der Waals surface area contributed by atoms with E-state index < -0.39 is 0 Å². The van der Waals surface area contributed by atoms with Crippen LogP contribution in [0.3, 0.4) is 0 Å². The van der Waals surface area contributed by atoms with Crippen molar-refractivity contribution in [3.63, 3.8) is 0 Å². The quantitative estimate of drug-likeness (QED) is 0.668. The van der Waals surface area contributed by atoms with E-state index in [2.05, 4.69) is 0 Å².